The number of thioether (sulfide) groups is 1. The minimum absolute atomic E-state index is 0.0464. The number of hydrogen-bond donors (Lipinski definition) is 3. The van der Waals surface area contributed by atoms with Gasteiger partial charge in [0.25, 0.3) is 0 Å². The summed E-state index contributed by atoms with van der Waals surface area (Å²) in [6, 6.07) is 13.2. The normalized spacial score (nSPS) is 15.9. The molecule has 0 saturated heterocycles. The molecule has 3 N–H and O–H groups in total. The predicted octanol–water partition coefficient (Wildman–Crippen LogP) is 5.19. The summed E-state index contributed by atoms with van der Waals surface area (Å²) < 4.78 is 0.923. The average molecular weight is 565 g/mol. The van der Waals surface area contributed by atoms with Crippen molar-refractivity contribution < 1.29 is 14.7 Å². The first kappa shape index (κ1) is 23.4. The molecule has 1 aliphatic heterocycles. The van der Waals surface area contributed by atoms with E-state index >= 15 is 0 Å². The standard InChI is InChI=1S/C22H19Br2N3O3S/c1-2-12-5-3-4-6-18(12)26-20(29)11-31-22-15(10-25)14(9-19(28)27-22)13-7-16(23)21(30)17(24)8-13/h3-8,14,30H,2,9,11H2,1H3,(H,26,29)(H,27,28)/t14-/m1/s1. The largest absolute Gasteiger partial charge is 0.506 e. The third-order valence-corrected chi connectivity index (χ3v) is 7.04. The summed E-state index contributed by atoms with van der Waals surface area (Å²) in [6.45, 7) is 2.02. The van der Waals surface area contributed by atoms with E-state index in [4.69, 9.17) is 0 Å². The minimum atomic E-state index is -0.474. The van der Waals surface area contributed by atoms with Crippen LogP contribution >= 0.6 is 43.6 Å². The third-order valence-electron chi connectivity index (χ3n) is 4.82. The first-order valence-electron chi connectivity index (χ1n) is 9.46. The van der Waals surface area contributed by atoms with Gasteiger partial charge in [-0.25, -0.2) is 0 Å². The highest BCUT2D eigenvalue weighted by molar-refractivity contribution is 9.11. The number of benzene rings is 2. The van der Waals surface area contributed by atoms with E-state index in [9.17, 15) is 20.0 Å². The molecule has 9 heteroatoms. The summed E-state index contributed by atoms with van der Waals surface area (Å²) in [5, 5.41) is 25.8. The number of nitriles is 1. The summed E-state index contributed by atoms with van der Waals surface area (Å²) in [5.41, 5.74) is 2.89. The van der Waals surface area contributed by atoms with Gasteiger partial charge in [-0.3, -0.25) is 9.59 Å². The van der Waals surface area contributed by atoms with Crippen molar-refractivity contribution in [2.75, 3.05) is 11.1 Å². The molecule has 160 valence electrons. The molecule has 0 spiro atoms. The van der Waals surface area contributed by atoms with Crippen LogP contribution in [0.25, 0.3) is 0 Å². The lowest BCUT2D eigenvalue weighted by molar-refractivity contribution is -0.121. The third kappa shape index (κ3) is 5.50. The molecule has 0 unspecified atom stereocenters. The highest BCUT2D eigenvalue weighted by Gasteiger charge is 2.30. The monoisotopic (exact) mass is 563 g/mol. The van der Waals surface area contributed by atoms with Gasteiger partial charge in [-0.2, -0.15) is 5.26 Å². The molecular formula is C22H19Br2N3O3S. The number of amides is 2. The van der Waals surface area contributed by atoms with Crippen LogP contribution in [0.2, 0.25) is 0 Å². The Bertz CT molecular complexity index is 1090. The van der Waals surface area contributed by atoms with Crippen molar-refractivity contribution in [3.8, 4) is 11.8 Å². The van der Waals surface area contributed by atoms with Crippen LogP contribution in [0, 0.1) is 11.3 Å². The van der Waals surface area contributed by atoms with Gasteiger partial charge in [-0.05, 0) is 67.6 Å². The summed E-state index contributed by atoms with van der Waals surface area (Å²) in [7, 11) is 0. The van der Waals surface area contributed by atoms with Crippen LogP contribution in [-0.2, 0) is 16.0 Å². The van der Waals surface area contributed by atoms with Crippen LogP contribution in [0.5, 0.6) is 5.75 Å². The van der Waals surface area contributed by atoms with Crippen LogP contribution in [0.4, 0.5) is 5.69 Å². The van der Waals surface area contributed by atoms with Crippen LogP contribution < -0.4 is 10.6 Å². The number of allylic oxidation sites excluding steroid dienone is 1. The summed E-state index contributed by atoms with van der Waals surface area (Å²) in [4.78, 5) is 24.8. The first-order chi connectivity index (χ1) is 14.8. The fourth-order valence-corrected chi connectivity index (χ4v) is 5.38. The lowest BCUT2D eigenvalue weighted by Crippen LogP contribution is -2.31. The van der Waals surface area contributed by atoms with Crippen LogP contribution in [0.3, 0.4) is 0 Å². The summed E-state index contributed by atoms with van der Waals surface area (Å²) >= 11 is 7.71. The van der Waals surface area contributed by atoms with Crippen molar-refractivity contribution in [1.82, 2.24) is 5.32 Å². The number of phenolic OH excluding ortho intramolecular Hbond substituents is 1. The van der Waals surface area contributed by atoms with E-state index in [1.165, 1.54) is 0 Å². The van der Waals surface area contributed by atoms with E-state index in [1.54, 1.807) is 12.1 Å². The van der Waals surface area contributed by atoms with Gasteiger partial charge >= 0.3 is 0 Å². The van der Waals surface area contributed by atoms with Gasteiger partial charge in [0, 0.05) is 18.0 Å². The second-order valence-electron chi connectivity index (χ2n) is 6.84. The van der Waals surface area contributed by atoms with Crippen molar-refractivity contribution >= 4 is 61.1 Å². The van der Waals surface area contributed by atoms with Gasteiger partial charge in [-0.15, -0.1) is 0 Å². The van der Waals surface area contributed by atoms with Crippen molar-refractivity contribution in [3.63, 3.8) is 0 Å². The number of nitrogens with zero attached hydrogens (tertiary/aromatic N) is 1. The molecule has 0 bridgehead atoms. The Morgan fingerprint density at radius 1 is 1.32 bits per heavy atom. The smallest absolute Gasteiger partial charge is 0.234 e. The molecular weight excluding hydrogens is 546 g/mol. The van der Waals surface area contributed by atoms with Gasteiger partial charge in [0.2, 0.25) is 11.8 Å². The Labute approximate surface area is 201 Å². The molecule has 2 aromatic carbocycles. The molecule has 2 aromatic rings. The molecule has 2 amide bonds. The Morgan fingerprint density at radius 2 is 2.00 bits per heavy atom. The van der Waals surface area contributed by atoms with E-state index in [0.717, 1.165) is 29.4 Å². The Balaban J connectivity index is 1.81. The van der Waals surface area contributed by atoms with Crippen molar-refractivity contribution in [3.05, 3.63) is 67.1 Å². The Morgan fingerprint density at radius 3 is 2.65 bits per heavy atom. The zero-order valence-electron chi connectivity index (χ0n) is 16.5. The maximum atomic E-state index is 12.5. The number of carbonyl (C=O) groups excluding carboxylic acids is 2. The molecule has 0 radical (unpaired) electrons. The van der Waals surface area contributed by atoms with Crippen molar-refractivity contribution in [1.29, 1.82) is 5.26 Å². The van der Waals surface area contributed by atoms with E-state index in [0.29, 0.717) is 25.1 Å². The zero-order valence-corrected chi connectivity index (χ0v) is 20.5. The van der Waals surface area contributed by atoms with E-state index in [-0.39, 0.29) is 29.7 Å². The van der Waals surface area contributed by atoms with E-state index in [2.05, 4.69) is 48.6 Å². The number of hydrogen-bond acceptors (Lipinski definition) is 5. The highest BCUT2D eigenvalue weighted by atomic mass is 79.9. The fourth-order valence-electron chi connectivity index (χ4n) is 3.28. The molecule has 1 atom stereocenters. The first-order valence-corrected chi connectivity index (χ1v) is 12.0. The quantitative estimate of drug-likeness (QED) is 0.448. The SMILES string of the molecule is CCc1ccccc1NC(=O)CSC1=C(C#N)[C@@H](c2cc(Br)c(O)c(Br)c2)CC(=O)N1. The lowest BCUT2D eigenvalue weighted by Gasteiger charge is -2.25. The number of aromatic hydroxyl groups is 1. The second-order valence-corrected chi connectivity index (χ2v) is 9.53. The number of rotatable bonds is 6. The number of para-hydroxylation sites is 1. The van der Waals surface area contributed by atoms with E-state index < -0.39 is 5.92 Å². The lowest BCUT2D eigenvalue weighted by atomic mass is 9.87. The Hall–Kier alpha value is -2.28. The van der Waals surface area contributed by atoms with Gasteiger partial charge in [-0.1, -0.05) is 36.9 Å². The molecule has 0 aromatic heterocycles. The second kappa shape index (κ2) is 10.4. The van der Waals surface area contributed by atoms with Crippen molar-refractivity contribution in [2.45, 2.75) is 25.7 Å². The topological polar surface area (TPSA) is 102 Å². The molecule has 3 rings (SSSR count). The molecule has 6 nitrogen and oxygen atoms in total. The molecule has 0 fully saturated rings. The van der Waals surface area contributed by atoms with Gasteiger partial charge in [0.05, 0.1) is 31.4 Å². The highest BCUT2D eigenvalue weighted by Crippen LogP contribution is 2.41. The Kier molecular flexibility index (Phi) is 7.81. The summed E-state index contributed by atoms with van der Waals surface area (Å²) in [5.74, 6) is -0.830. The molecule has 1 aliphatic rings. The average Bonchev–Trinajstić information content (AvgIpc) is 2.75. The number of nitrogens with one attached hydrogen (secondary N) is 2. The number of anilines is 1. The maximum Gasteiger partial charge on any atom is 0.234 e. The maximum absolute atomic E-state index is 12.5. The number of aryl methyl sites for hydroxylation is 1. The van der Waals surface area contributed by atoms with Crippen molar-refractivity contribution in [2.24, 2.45) is 0 Å². The zero-order chi connectivity index (χ0) is 22.5. The number of phenols is 1. The van der Waals surface area contributed by atoms with Gasteiger partial charge < -0.3 is 15.7 Å². The molecule has 31 heavy (non-hydrogen) atoms. The van der Waals surface area contributed by atoms with Gasteiger partial charge in [0.15, 0.2) is 0 Å². The number of halogens is 2. The number of carbonyl (C=O) groups is 2. The van der Waals surface area contributed by atoms with Crippen LogP contribution in [0.1, 0.15) is 30.4 Å². The fraction of sp³-hybridized carbons (Fsp3) is 0.227. The van der Waals surface area contributed by atoms with Crippen LogP contribution in [-0.4, -0.2) is 22.7 Å². The van der Waals surface area contributed by atoms with Gasteiger partial charge in [0.1, 0.15) is 5.75 Å². The van der Waals surface area contributed by atoms with Crippen LogP contribution in [0.15, 0.2) is 55.9 Å². The van der Waals surface area contributed by atoms with E-state index in [1.807, 2.05) is 31.2 Å². The predicted molar refractivity (Wildman–Crippen MR) is 129 cm³/mol. The molecule has 0 saturated carbocycles. The molecule has 0 aliphatic carbocycles. The summed E-state index contributed by atoms with van der Waals surface area (Å²) in [6.07, 6.45) is 0.898. The minimum Gasteiger partial charge on any atom is -0.506 e. The molecule has 1 heterocycles.